The third-order valence-corrected chi connectivity index (χ3v) is 2.42. The SMILES string of the molecule is CCN(CC)c1cc(C)ccc1C=O. The van der Waals surface area contributed by atoms with Crippen molar-refractivity contribution < 1.29 is 4.79 Å². The fraction of sp³-hybridized carbons (Fsp3) is 0.417. The van der Waals surface area contributed by atoms with E-state index < -0.39 is 0 Å². The van der Waals surface area contributed by atoms with Crippen LogP contribution in [0.4, 0.5) is 5.69 Å². The smallest absolute Gasteiger partial charge is 0.152 e. The van der Waals surface area contributed by atoms with Crippen LogP contribution in [0.25, 0.3) is 0 Å². The van der Waals surface area contributed by atoms with Crippen molar-refractivity contribution in [3.8, 4) is 0 Å². The maximum atomic E-state index is 10.8. The van der Waals surface area contributed by atoms with Gasteiger partial charge in [-0.15, -0.1) is 0 Å². The van der Waals surface area contributed by atoms with Crippen molar-refractivity contribution in [2.45, 2.75) is 20.8 Å². The number of aryl methyl sites for hydroxylation is 1. The highest BCUT2D eigenvalue weighted by molar-refractivity contribution is 5.84. The molecule has 0 aliphatic carbocycles. The van der Waals surface area contributed by atoms with Crippen molar-refractivity contribution in [1.82, 2.24) is 0 Å². The van der Waals surface area contributed by atoms with E-state index in [1.54, 1.807) is 0 Å². The second-order valence-corrected chi connectivity index (χ2v) is 3.35. The average molecular weight is 191 g/mol. The number of carbonyl (C=O) groups excluding carboxylic acids is 1. The molecule has 1 aromatic carbocycles. The highest BCUT2D eigenvalue weighted by atomic mass is 16.1. The molecule has 0 unspecified atom stereocenters. The predicted molar refractivity (Wildman–Crippen MR) is 60.1 cm³/mol. The molecule has 0 N–H and O–H groups in total. The number of benzene rings is 1. The monoisotopic (exact) mass is 191 g/mol. The van der Waals surface area contributed by atoms with Crippen molar-refractivity contribution in [2.24, 2.45) is 0 Å². The fourth-order valence-electron chi connectivity index (χ4n) is 1.59. The molecule has 0 radical (unpaired) electrons. The van der Waals surface area contributed by atoms with Gasteiger partial charge in [-0.05, 0) is 38.5 Å². The number of anilines is 1. The second-order valence-electron chi connectivity index (χ2n) is 3.35. The molecule has 1 aromatic rings. The lowest BCUT2D eigenvalue weighted by atomic mass is 10.1. The highest BCUT2D eigenvalue weighted by Crippen LogP contribution is 2.20. The predicted octanol–water partition coefficient (Wildman–Crippen LogP) is 2.65. The maximum absolute atomic E-state index is 10.8. The van der Waals surface area contributed by atoms with Crippen LogP contribution in [0.15, 0.2) is 18.2 Å². The summed E-state index contributed by atoms with van der Waals surface area (Å²) in [6.45, 7) is 8.10. The van der Waals surface area contributed by atoms with Gasteiger partial charge in [0.25, 0.3) is 0 Å². The van der Waals surface area contributed by atoms with E-state index >= 15 is 0 Å². The molecule has 0 amide bonds. The molecule has 76 valence electrons. The van der Waals surface area contributed by atoms with Gasteiger partial charge in [0.2, 0.25) is 0 Å². The molecule has 0 saturated carbocycles. The van der Waals surface area contributed by atoms with E-state index in [0.717, 1.165) is 30.6 Å². The van der Waals surface area contributed by atoms with Crippen LogP contribution in [0.2, 0.25) is 0 Å². The summed E-state index contributed by atoms with van der Waals surface area (Å²) >= 11 is 0. The van der Waals surface area contributed by atoms with Gasteiger partial charge in [0.15, 0.2) is 6.29 Å². The topological polar surface area (TPSA) is 20.3 Å². The molecule has 0 aliphatic heterocycles. The summed E-state index contributed by atoms with van der Waals surface area (Å²) in [5.41, 5.74) is 3.02. The zero-order valence-corrected chi connectivity index (χ0v) is 9.08. The van der Waals surface area contributed by atoms with Crippen LogP contribution in [0.3, 0.4) is 0 Å². The normalized spacial score (nSPS) is 9.93. The summed E-state index contributed by atoms with van der Waals surface area (Å²) in [4.78, 5) is 13.0. The van der Waals surface area contributed by atoms with Gasteiger partial charge in [0, 0.05) is 24.3 Å². The van der Waals surface area contributed by atoms with Gasteiger partial charge < -0.3 is 4.90 Å². The molecular formula is C12H17NO. The average Bonchev–Trinajstić information content (AvgIpc) is 2.20. The van der Waals surface area contributed by atoms with Gasteiger partial charge >= 0.3 is 0 Å². The number of carbonyl (C=O) groups is 1. The minimum Gasteiger partial charge on any atom is -0.372 e. The van der Waals surface area contributed by atoms with Gasteiger partial charge in [-0.1, -0.05) is 6.07 Å². The minimum absolute atomic E-state index is 0.777. The van der Waals surface area contributed by atoms with Crippen LogP contribution in [0.1, 0.15) is 29.8 Å². The largest absolute Gasteiger partial charge is 0.372 e. The molecule has 0 aromatic heterocycles. The molecule has 2 nitrogen and oxygen atoms in total. The van der Waals surface area contributed by atoms with Crippen molar-refractivity contribution >= 4 is 12.0 Å². The van der Waals surface area contributed by atoms with Gasteiger partial charge in [0.05, 0.1) is 0 Å². The first-order valence-electron chi connectivity index (χ1n) is 5.03. The lowest BCUT2D eigenvalue weighted by Gasteiger charge is -2.22. The van der Waals surface area contributed by atoms with E-state index in [9.17, 15) is 4.79 Å². The van der Waals surface area contributed by atoms with Crippen molar-refractivity contribution in [2.75, 3.05) is 18.0 Å². The summed E-state index contributed by atoms with van der Waals surface area (Å²) in [5.74, 6) is 0. The third-order valence-electron chi connectivity index (χ3n) is 2.42. The number of hydrogen-bond acceptors (Lipinski definition) is 2. The van der Waals surface area contributed by atoms with E-state index in [-0.39, 0.29) is 0 Å². The Kier molecular flexibility index (Phi) is 3.69. The summed E-state index contributed by atoms with van der Waals surface area (Å²) in [5, 5.41) is 0. The van der Waals surface area contributed by atoms with Crippen molar-refractivity contribution in [1.29, 1.82) is 0 Å². The lowest BCUT2D eigenvalue weighted by Crippen LogP contribution is -2.23. The summed E-state index contributed by atoms with van der Waals surface area (Å²) in [6, 6.07) is 5.92. The lowest BCUT2D eigenvalue weighted by molar-refractivity contribution is 0.112. The quantitative estimate of drug-likeness (QED) is 0.682. The van der Waals surface area contributed by atoms with Crippen LogP contribution >= 0.6 is 0 Å². The molecule has 0 saturated heterocycles. The fourth-order valence-corrected chi connectivity index (χ4v) is 1.59. The number of rotatable bonds is 4. The molecule has 1 rings (SSSR count). The van der Waals surface area contributed by atoms with Crippen LogP contribution in [-0.4, -0.2) is 19.4 Å². The minimum atomic E-state index is 0.777. The Morgan fingerprint density at radius 2 is 1.93 bits per heavy atom. The van der Waals surface area contributed by atoms with Crippen LogP contribution in [0.5, 0.6) is 0 Å². The van der Waals surface area contributed by atoms with E-state index in [1.165, 1.54) is 5.56 Å². The first-order chi connectivity index (χ1) is 6.72. The van der Waals surface area contributed by atoms with Gasteiger partial charge in [-0.25, -0.2) is 0 Å². The Labute approximate surface area is 85.5 Å². The number of nitrogens with zero attached hydrogens (tertiary/aromatic N) is 1. The van der Waals surface area contributed by atoms with Gasteiger partial charge in [-0.2, -0.15) is 0 Å². The van der Waals surface area contributed by atoms with E-state index in [0.29, 0.717) is 0 Å². The standard InChI is InChI=1S/C12H17NO/c1-4-13(5-2)12-8-10(3)6-7-11(12)9-14/h6-9H,4-5H2,1-3H3. The van der Waals surface area contributed by atoms with Crippen LogP contribution < -0.4 is 4.90 Å². The first-order valence-corrected chi connectivity index (χ1v) is 5.03. The molecule has 0 bridgehead atoms. The summed E-state index contributed by atoms with van der Waals surface area (Å²) in [7, 11) is 0. The van der Waals surface area contributed by atoms with E-state index in [1.807, 2.05) is 19.1 Å². The maximum Gasteiger partial charge on any atom is 0.152 e. The van der Waals surface area contributed by atoms with Crippen LogP contribution in [0, 0.1) is 6.92 Å². The zero-order chi connectivity index (χ0) is 10.6. The van der Waals surface area contributed by atoms with E-state index in [2.05, 4.69) is 24.8 Å². The molecule has 0 fully saturated rings. The molecule has 0 spiro atoms. The Hall–Kier alpha value is -1.31. The Balaban J connectivity index is 3.14. The molecule has 2 heteroatoms. The second kappa shape index (κ2) is 4.80. The van der Waals surface area contributed by atoms with Crippen molar-refractivity contribution in [3.05, 3.63) is 29.3 Å². The first kappa shape index (κ1) is 10.8. The molecule has 0 atom stereocenters. The van der Waals surface area contributed by atoms with E-state index in [4.69, 9.17) is 0 Å². The molecular weight excluding hydrogens is 174 g/mol. The van der Waals surface area contributed by atoms with Crippen molar-refractivity contribution in [3.63, 3.8) is 0 Å². The Bertz CT molecular complexity index is 316. The Morgan fingerprint density at radius 1 is 1.29 bits per heavy atom. The number of aldehydes is 1. The summed E-state index contributed by atoms with van der Waals surface area (Å²) < 4.78 is 0. The highest BCUT2D eigenvalue weighted by Gasteiger charge is 2.07. The molecule has 0 heterocycles. The molecule has 0 aliphatic rings. The zero-order valence-electron chi connectivity index (χ0n) is 9.08. The third kappa shape index (κ3) is 2.13. The number of hydrogen-bond donors (Lipinski definition) is 0. The van der Waals surface area contributed by atoms with Gasteiger partial charge in [0.1, 0.15) is 0 Å². The van der Waals surface area contributed by atoms with Gasteiger partial charge in [-0.3, -0.25) is 4.79 Å². The Morgan fingerprint density at radius 3 is 2.43 bits per heavy atom. The van der Waals surface area contributed by atoms with Crippen LogP contribution in [-0.2, 0) is 0 Å². The summed E-state index contributed by atoms with van der Waals surface area (Å²) in [6.07, 6.45) is 0.924. The molecule has 14 heavy (non-hydrogen) atoms.